The zero-order chi connectivity index (χ0) is 11.4. The molecule has 0 aliphatic carbocycles. The van der Waals surface area contributed by atoms with E-state index >= 15 is 0 Å². The lowest BCUT2D eigenvalue weighted by Gasteiger charge is -2.26. The van der Waals surface area contributed by atoms with Crippen molar-refractivity contribution < 1.29 is 18.4 Å². The third kappa shape index (κ3) is 2.94. The van der Waals surface area contributed by atoms with Gasteiger partial charge in [0, 0.05) is 0 Å². The molecule has 0 aliphatic rings. The largest absolute Gasteiger partial charge is 0.374 e. The summed E-state index contributed by atoms with van der Waals surface area (Å²) < 4.78 is 19.5. The quantitative estimate of drug-likeness (QED) is 0.546. The molecular formula is C7H13Cl2O4P. The van der Waals surface area contributed by atoms with Crippen LogP contribution in [0, 0.1) is 0 Å². The highest BCUT2D eigenvalue weighted by molar-refractivity contribution is 7.61. The number of halogens is 2. The summed E-state index contributed by atoms with van der Waals surface area (Å²) in [5, 5.41) is 0. The zero-order valence-corrected chi connectivity index (χ0v) is 10.7. The van der Waals surface area contributed by atoms with Gasteiger partial charge in [-0.15, -0.1) is 0 Å². The van der Waals surface area contributed by atoms with E-state index in [0.29, 0.717) is 0 Å². The van der Waals surface area contributed by atoms with Crippen LogP contribution in [0.1, 0.15) is 20.8 Å². The van der Waals surface area contributed by atoms with Crippen LogP contribution in [0.5, 0.6) is 0 Å². The molecule has 0 rings (SSSR count). The molecule has 0 fully saturated rings. The van der Waals surface area contributed by atoms with Crippen molar-refractivity contribution in [3.05, 3.63) is 0 Å². The molecule has 0 N–H and O–H groups in total. The van der Waals surface area contributed by atoms with Crippen molar-refractivity contribution in [3.63, 3.8) is 0 Å². The highest BCUT2D eigenvalue weighted by Gasteiger charge is 2.52. The smallest absolute Gasteiger partial charge is 0.306 e. The molecule has 0 amide bonds. The van der Waals surface area contributed by atoms with Crippen LogP contribution in [-0.4, -0.2) is 23.1 Å². The summed E-state index contributed by atoms with van der Waals surface area (Å²) in [5.41, 5.74) is 0. The first-order valence-corrected chi connectivity index (χ1v) is 6.39. The maximum Gasteiger partial charge on any atom is 0.374 e. The Morgan fingerprint density at radius 3 is 1.86 bits per heavy atom. The number of ketones is 1. The van der Waals surface area contributed by atoms with Crippen molar-refractivity contribution in [2.75, 3.05) is 13.2 Å². The lowest BCUT2D eigenvalue weighted by Crippen LogP contribution is -2.26. The Kier molecular flexibility index (Phi) is 5.63. The molecule has 0 aliphatic heterocycles. The topological polar surface area (TPSA) is 52.6 Å². The van der Waals surface area contributed by atoms with E-state index in [1.807, 2.05) is 0 Å². The number of carbonyl (C=O) groups excluding carboxylic acids is 1. The van der Waals surface area contributed by atoms with Gasteiger partial charge in [0.2, 0.25) is 0 Å². The third-order valence-corrected chi connectivity index (χ3v) is 5.34. The molecule has 0 bridgehead atoms. The van der Waals surface area contributed by atoms with E-state index in [1.165, 1.54) is 0 Å². The van der Waals surface area contributed by atoms with Gasteiger partial charge in [0.1, 0.15) is 0 Å². The number of rotatable bonds is 6. The van der Waals surface area contributed by atoms with E-state index in [2.05, 4.69) is 0 Å². The first kappa shape index (κ1) is 14.4. The maximum absolute atomic E-state index is 11.9. The third-order valence-electron chi connectivity index (χ3n) is 1.37. The van der Waals surface area contributed by atoms with E-state index in [9.17, 15) is 9.36 Å². The Morgan fingerprint density at radius 2 is 1.64 bits per heavy atom. The van der Waals surface area contributed by atoms with Crippen LogP contribution in [-0.2, 0) is 18.4 Å². The predicted octanol–water partition coefficient (Wildman–Crippen LogP) is 2.97. The second kappa shape index (κ2) is 5.47. The lowest BCUT2D eigenvalue weighted by molar-refractivity contribution is -0.116. The number of hydrogen-bond donors (Lipinski definition) is 0. The molecule has 14 heavy (non-hydrogen) atoms. The number of carbonyl (C=O) groups is 1. The van der Waals surface area contributed by atoms with Gasteiger partial charge in [-0.25, -0.2) is 0 Å². The van der Waals surface area contributed by atoms with Gasteiger partial charge < -0.3 is 9.05 Å². The minimum absolute atomic E-state index is 0.103. The van der Waals surface area contributed by atoms with Gasteiger partial charge in [0.15, 0.2) is 5.78 Å². The number of Topliss-reactive ketones (excluding diaryl/α,β-unsaturated/α-hetero) is 1. The fraction of sp³-hybridized carbons (Fsp3) is 0.857. The average molecular weight is 263 g/mol. The van der Waals surface area contributed by atoms with E-state index in [4.69, 9.17) is 32.2 Å². The number of hydrogen-bond acceptors (Lipinski definition) is 4. The summed E-state index contributed by atoms with van der Waals surface area (Å²) in [7, 11) is -3.80. The van der Waals surface area contributed by atoms with Crippen molar-refractivity contribution >= 4 is 36.6 Å². The van der Waals surface area contributed by atoms with Crippen LogP contribution >= 0.6 is 30.8 Å². The van der Waals surface area contributed by atoms with Crippen LogP contribution < -0.4 is 0 Å². The van der Waals surface area contributed by atoms with Crippen LogP contribution in [0.25, 0.3) is 0 Å². The Balaban J connectivity index is 4.99. The molecule has 0 aromatic heterocycles. The van der Waals surface area contributed by atoms with Crippen LogP contribution in [0.15, 0.2) is 0 Å². The summed E-state index contributed by atoms with van der Waals surface area (Å²) in [6, 6.07) is 0. The van der Waals surface area contributed by atoms with E-state index in [1.54, 1.807) is 13.8 Å². The standard InChI is InChI=1S/C7H13Cl2O4P/c1-4-12-14(11,13-5-2)7(8,9)6(3)10/h4-5H2,1-3H3. The highest BCUT2D eigenvalue weighted by Crippen LogP contribution is 2.64. The summed E-state index contributed by atoms with van der Waals surface area (Å²) in [6.45, 7) is 4.55. The normalized spacial score (nSPS) is 12.9. The van der Waals surface area contributed by atoms with Crippen LogP contribution in [0.3, 0.4) is 0 Å². The Hall–Kier alpha value is 0.400. The van der Waals surface area contributed by atoms with Crippen molar-refractivity contribution in [1.29, 1.82) is 0 Å². The SMILES string of the molecule is CCOP(=O)(OCC)C(Cl)(Cl)C(C)=O. The van der Waals surface area contributed by atoms with Gasteiger partial charge in [-0.3, -0.25) is 9.36 Å². The van der Waals surface area contributed by atoms with Crippen LogP contribution in [0.4, 0.5) is 0 Å². The fourth-order valence-electron chi connectivity index (χ4n) is 0.732. The molecule has 0 heterocycles. The molecule has 7 heteroatoms. The average Bonchev–Trinajstić information content (AvgIpc) is 2.04. The Labute approximate surface area is 93.4 Å². The van der Waals surface area contributed by atoms with Crippen molar-refractivity contribution in [2.24, 2.45) is 0 Å². The van der Waals surface area contributed by atoms with Gasteiger partial charge >= 0.3 is 7.60 Å². The molecule has 0 saturated heterocycles. The summed E-state index contributed by atoms with van der Waals surface area (Å²) in [4.78, 5) is 11.1. The summed E-state index contributed by atoms with van der Waals surface area (Å²) in [5.74, 6) is -0.661. The van der Waals surface area contributed by atoms with E-state index in [-0.39, 0.29) is 13.2 Å². The van der Waals surface area contributed by atoms with E-state index in [0.717, 1.165) is 6.92 Å². The second-order valence-corrected chi connectivity index (χ2v) is 6.47. The maximum atomic E-state index is 11.9. The van der Waals surface area contributed by atoms with Gasteiger partial charge in [0.25, 0.3) is 4.07 Å². The minimum Gasteiger partial charge on any atom is -0.306 e. The lowest BCUT2D eigenvalue weighted by atomic mass is 10.5. The summed E-state index contributed by atoms with van der Waals surface area (Å²) >= 11 is 11.3. The summed E-state index contributed by atoms with van der Waals surface area (Å²) in [6.07, 6.45) is 0. The first-order valence-electron chi connectivity index (χ1n) is 4.09. The van der Waals surface area contributed by atoms with Crippen molar-refractivity contribution in [3.8, 4) is 0 Å². The predicted molar refractivity (Wildman–Crippen MR) is 56.0 cm³/mol. The Bertz CT molecular complexity index is 244. The molecule has 0 aromatic carbocycles. The van der Waals surface area contributed by atoms with Crippen molar-refractivity contribution in [1.82, 2.24) is 0 Å². The molecule has 0 saturated carbocycles. The van der Waals surface area contributed by atoms with Gasteiger partial charge in [0.05, 0.1) is 13.2 Å². The molecular weight excluding hydrogens is 250 g/mol. The van der Waals surface area contributed by atoms with Gasteiger partial charge in [-0.2, -0.15) is 0 Å². The molecule has 0 spiro atoms. The molecule has 84 valence electrons. The van der Waals surface area contributed by atoms with Gasteiger partial charge in [-0.05, 0) is 20.8 Å². The highest BCUT2D eigenvalue weighted by atomic mass is 35.5. The molecule has 0 aromatic rings. The monoisotopic (exact) mass is 262 g/mol. The number of alkyl halides is 2. The Morgan fingerprint density at radius 1 is 1.29 bits per heavy atom. The molecule has 0 atom stereocenters. The van der Waals surface area contributed by atoms with Crippen LogP contribution in [0.2, 0.25) is 0 Å². The molecule has 0 radical (unpaired) electrons. The van der Waals surface area contributed by atoms with Crippen molar-refractivity contribution in [2.45, 2.75) is 24.8 Å². The molecule has 4 nitrogen and oxygen atoms in total. The zero-order valence-electron chi connectivity index (χ0n) is 8.25. The first-order chi connectivity index (χ1) is 6.31. The van der Waals surface area contributed by atoms with E-state index < -0.39 is 17.5 Å². The minimum atomic E-state index is -3.80. The molecule has 0 unspecified atom stereocenters. The van der Waals surface area contributed by atoms with Gasteiger partial charge in [-0.1, -0.05) is 23.2 Å². The fourth-order valence-corrected chi connectivity index (χ4v) is 2.78. The second-order valence-electron chi connectivity index (χ2n) is 2.43.